The minimum absolute atomic E-state index is 0.161. The molecule has 2 aromatic rings. The van der Waals surface area contributed by atoms with Gasteiger partial charge < -0.3 is 20.4 Å². The number of anilines is 3. The maximum Gasteiger partial charge on any atom is 0.256 e. The van der Waals surface area contributed by atoms with Crippen LogP contribution in [0.5, 0.6) is 0 Å². The molecule has 0 saturated carbocycles. The fourth-order valence-electron chi connectivity index (χ4n) is 7.69. The predicted octanol–water partition coefficient (Wildman–Crippen LogP) is 2.39. The Morgan fingerprint density at radius 1 is 0.878 bits per heavy atom. The molecule has 5 aliphatic heterocycles. The summed E-state index contributed by atoms with van der Waals surface area (Å²) in [4.78, 5) is 51.0. The quantitative estimate of drug-likeness (QED) is 0.435. The topological polar surface area (TPSA) is 115 Å². The number of imide groups is 1. The lowest BCUT2D eigenvalue weighted by Crippen LogP contribution is -2.52. The second-order valence-electron chi connectivity index (χ2n) is 12.6. The number of nitrogens with one attached hydrogen (secondary N) is 1. The Hall–Kier alpha value is -3.66. The van der Waals surface area contributed by atoms with Gasteiger partial charge in [-0.15, -0.1) is 0 Å². The van der Waals surface area contributed by atoms with Gasteiger partial charge in [0, 0.05) is 56.6 Å². The van der Waals surface area contributed by atoms with Crippen molar-refractivity contribution in [1.29, 1.82) is 0 Å². The number of carbonyl (C=O) groups excluding carboxylic acids is 3. The van der Waals surface area contributed by atoms with Gasteiger partial charge in [0.1, 0.15) is 6.04 Å². The molecule has 0 aliphatic carbocycles. The van der Waals surface area contributed by atoms with Gasteiger partial charge in [-0.05, 0) is 80.8 Å². The van der Waals surface area contributed by atoms with E-state index in [0.717, 1.165) is 50.4 Å². The average molecular weight is 558 g/mol. The van der Waals surface area contributed by atoms with Gasteiger partial charge in [-0.25, -0.2) is 0 Å². The summed E-state index contributed by atoms with van der Waals surface area (Å²) in [6.45, 7) is 6.82. The number of aromatic nitrogens is 1. The van der Waals surface area contributed by atoms with Crippen LogP contribution in [0.3, 0.4) is 0 Å². The Balaban J connectivity index is 0.936. The zero-order valence-electron chi connectivity index (χ0n) is 23.6. The molecule has 1 aromatic carbocycles. The SMILES string of the molecule is Nc1ccc(N2CCC(N3CCC4(CCN(c5cnc6c(c5)C(=O)N(C5CCC(=O)NC5=O)C6)CC4)C3)CC2)cc1. The molecule has 1 atom stereocenters. The third-order valence-electron chi connectivity index (χ3n) is 10.2. The lowest BCUT2D eigenvalue weighted by atomic mass is 9.77. The lowest BCUT2D eigenvalue weighted by Gasteiger charge is -2.42. The molecule has 4 fully saturated rings. The standard InChI is InChI=1S/C31H39N7O3/c32-21-1-3-22(4-2-21)35-12-7-23(8-13-35)37-16-11-31(20-37)9-14-36(15-10-31)24-17-25-26(33-18-24)19-38(30(25)41)27-5-6-28(39)34-29(27)40/h1-4,17-18,23,27H,5-16,19-20,32H2,(H,34,39,40). The molecule has 41 heavy (non-hydrogen) atoms. The molecule has 0 radical (unpaired) electrons. The second kappa shape index (κ2) is 10.3. The van der Waals surface area contributed by atoms with Crippen LogP contribution in [0.15, 0.2) is 36.5 Å². The Morgan fingerprint density at radius 2 is 1.59 bits per heavy atom. The van der Waals surface area contributed by atoms with E-state index in [1.54, 1.807) is 4.90 Å². The number of rotatable bonds is 4. The monoisotopic (exact) mass is 557 g/mol. The number of piperidine rings is 3. The number of nitrogen functional groups attached to an aromatic ring is 1. The molecule has 0 bridgehead atoms. The Morgan fingerprint density at radius 3 is 2.32 bits per heavy atom. The first-order chi connectivity index (χ1) is 19.9. The molecule has 10 heteroatoms. The van der Waals surface area contributed by atoms with Gasteiger partial charge in [-0.3, -0.25) is 29.6 Å². The zero-order valence-corrected chi connectivity index (χ0v) is 23.6. The summed E-state index contributed by atoms with van der Waals surface area (Å²) >= 11 is 0. The predicted molar refractivity (Wildman–Crippen MR) is 156 cm³/mol. The molecule has 216 valence electrons. The van der Waals surface area contributed by atoms with E-state index in [0.29, 0.717) is 35.7 Å². The molecule has 3 N–H and O–H groups in total. The van der Waals surface area contributed by atoms with Crippen molar-refractivity contribution in [1.82, 2.24) is 20.1 Å². The third kappa shape index (κ3) is 4.92. The van der Waals surface area contributed by atoms with Crippen LogP contribution in [0.2, 0.25) is 0 Å². The van der Waals surface area contributed by atoms with Crippen molar-refractivity contribution in [3.63, 3.8) is 0 Å². The number of fused-ring (bicyclic) bond motifs is 1. The van der Waals surface area contributed by atoms with Crippen LogP contribution in [0.25, 0.3) is 0 Å². The van der Waals surface area contributed by atoms with Crippen LogP contribution < -0.4 is 20.9 Å². The molecule has 1 aromatic heterocycles. The van der Waals surface area contributed by atoms with Crippen LogP contribution in [-0.2, 0) is 16.1 Å². The highest BCUT2D eigenvalue weighted by molar-refractivity contribution is 6.05. The van der Waals surface area contributed by atoms with Gasteiger partial charge in [0.05, 0.1) is 29.7 Å². The van der Waals surface area contributed by atoms with Gasteiger partial charge in [0.15, 0.2) is 0 Å². The van der Waals surface area contributed by atoms with E-state index in [-0.39, 0.29) is 24.1 Å². The van der Waals surface area contributed by atoms with E-state index in [2.05, 4.69) is 37.1 Å². The highest BCUT2D eigenvalue weighted by Gasteiger charge is 2.44. The largest absolute Gasteiger partial charge is 0.399 e. The fourth-order valence-corrected chi connectivity index (χ4v) is 7.69. The number of nitrogens with two attached hydrogens (primary N) is 1. The Labute approximate surface area is 240 Å². The normalized spacial score (nSPS) is 25.2. The summed E-state index contributed by atoms with van der Waals surface area (Å²) < 4.78 is 0. The maximum absolute atomic E-state index is 13.3. The molecule has 6 heterocycles. The first-order valence-corrected chi connectivity index (χ1v) is 15.1. The number of amides is 3. The fraction of sp³-hybridized carbons (Fsp3) is 0.548. The molecule has 1 unspecified atom stereocenters. The summed E-state index contributed by atoms with van der Waals surface area (Å²) in [5.74, 6) is -0.822. The number of carbonyl (C=O) groups is 3. The van der Waals surface area contributed by atoms with E-state index in [9.17, 15) is 14.4 Å². The Kier molecular flexibility index (Phi) is 6.60. The van der Waals surface area contributed by atoms with Crippen molar-refractivity contribution >= 4 is 34.8 Å². The van der Waals surface area contributed by atoms with Gasteiger partial charge >= 0.3 is 0 Å². The highest BCUT2D eigenvalue weighted by Crippen LogP contribution is 2.43. The van der Waals surface area contributed by atoms with Crippen LogP contribution in [0.4, 0.5) is 17.1 Å². The van der Waals surface area contributed by atoms with Crippen molar-refractivity contribution in [3.05, 3.63) is 47.8 Å². The first kappa shape index (κ1) is 26.3. The minimum atomic E-state index is -0.608. The summed E-state index contributed by atoms with van der Waals surface area (Å²) in [5, 5.41) is 2.36. The number of likely N-dealkylation sites (tertiary alicyclic amines) is 1. The molecule has 5 aliphatic rings. The minimum Gasteiger partial charge on any atom is -0.399 e. The van der Waals surface area contributed by atoms with Crippen LogP contribution in [0.1, 0.15) is 61.0 Å². The molecule has 3 amide bonds. The van der Waals surface area contributed by atoms with Gasteiger partial charge in [-0.2, -0.15) is 0 Å². The number of hydrogen-bond acceptors (Lipinski definition) is 8. The lowest BCUT2D eigenvalue weighted by molar-refractivity contribution is -0.136. The summed E-state index contributed by atoms with van der Waals surface area (Å²) in [6.07, 6.45) is 8.49. The zero-order chi connectivity index (χ0) is 28.1. The van der Waals surface area contributed by atoms with Crippen LogP contribution in [0, 0.1) is 5.41 Å². The summed E-state index contributed by atoms with van der Waals surface area (Å²) in [7, 11) is 0. The molecule has 7 rings (SSSR count). The van der Waals surface area contributed by atoms with E-state index < -0.39 is 6.04 Å². The number of pyridine rings is 1. The van der Waals surface area contributed by atoms with Gasteiger partial charge in [0.25, 0.3) is 5.91 Å². The van der Waals surface area contributed by atoms with E-state index in [4.69, 9.17) is 5.73 Å². The maximum atomic E-state index is 13.3. The van der Waals surface area contributed by atoms with E-state index in [1.807, 2.05) is 24.4 Å². The third-order valence-corrected chi connectivity index (χ3v) is 10.2. The van der Waals surface area contributed by atoms with E-state index in [1.165, 1.54) is 38.0 Å². The molecule has 4 saturated heterocycles. The smallest absolute Gasteiger partial charge is 0.256 e. The van der Waals surface area contributed by atoms with Gasteiger partial charge in [-0.1, -0.05) is 0 Å². The number of benzene rings is 1. The number of nitrogens with zero attached hydrogens (tertiary/aromatic N) is 5. The number of hydrogen-bond donors (Lipinski definition) is 2. The van der Waals surface area contributed by atoms with E-state index >= 15 is 0 Å². The highest BCUT2D eigenvalue weighted by atomic mass is 16.2. The second-order valence-corrected chi connectivity index (χ2v) is 12.6. The van der Waals surface area contributed by atoms with Crippen molar-refractivity contribution in [2.45, 2.75) is 63.6 Å². The van der Waals surface area contributed by atoms with Crippen LogP contribution in [-0.4, -0.2) is 83.9 Å². The van der Waals surface area contributed by atoms with Gasteiger partial charge in [0.2, 0.25) is 11.8 Å². The summed E-state index contributed by atoms with van der Waals surface area (Å²) in [6, 6.07) is 10.3. The molecular weight excluding hydrogens is 518 g/mol. The van der Waals surface area contributed by atoms with Crippen molar-refractivity contribution in [2.75, 3.05) is 54.8 Å². The van der Waals surface area contributed by atoms with Crippen LogP contribution >= 0.6 is 0 Å². The summed E-state index contributed by atoms with van der Waals surface area (Å²) in [5.41, 5.74) is 10.6. The average Bonchev–Trinajstić information content (AvgIpc) is 3.55. The first-order valence-electron chi connectivity index (χ1n) is 15.1. The van der Waals surface area contributed by atoms with Crippen molar-refractivity contribution in [2.24, 2.45) is 5.41 Å². The molecular formula is C31H39N7O3. The van der Waals surface area contributed by atoms with Crippen molar-refractivity contribution < 1.29 is 14.4 Å². The molecule has 1 spiro atoms. The molecule has 10 nitrogen and oxygen atoms in total. The van der Waals surface area contributed by atoms with Crippen molar-refractivity contribution in [3.8, 4) is 0 Å². The Bertz CT molecular complexity index is 1350.